The Hall–Kier alpha value is -3.95. The molecule has 2 amide bonds. The van der Waals surface area contributed by atoms with Crippen molar-refractivity contribution in [2.45, 2.75) is 17.1 Å². The molecule has 1 aromatic heterocycles. The number of fused-ring (bicyclic) bond motifs is 1. The molecule has 0 aliphatic carbocycles. The van der Waals surface area contributed by atoms with E-state index >= 15 is 0 Å². The number of nitrogens with one attached hydrogen (secondary N) is 2. The topological polar surface area (TPSA) is 108 Å². The molecule has 4 aromatic rings. The molecular formula is C26H21N3O4S2. The molecule has 0 fully saturated rings. The molecule has 9 heteroatoms. The molecular weight excluding hydrogens is 482 g/mol. The first-order valence-corrected chi connectivity index (χ1v) is 12.3. The Morgan fingerprint density at radius 1 is 0.971 bits per heavy atom. The van der Waals surface area contributed by atoms with Crippen molar-refractivity contribution in [3.8, 4) is 0 Å². The highest BCUT2D eigenvalue weighted by molar-refractivity contribution is 8.00. The van der Waals surface area contributed by atoms with E-state index in [4.69, 9.17) is 5.11 Å². The molecule has 0 bridgehead atoms. The lowest BCUT2D eigenvalue weighted by Gasteiger charge is -2.16. The predicted molar refractivity (Wildman–Crippen MR) is 140 cm³/mol. The summed E-state index contributed by atoms with van der Waals surface area (Å²) in [5.41, 5.74) is 3.27. The van der Waals surface area contributed by atoms with Crippen LogP contribution in [-0.4, -0.2) is 27.9 Å². The second-order valence-corrected chi connectivity index (χ2v) is 9.79. The van der Waals surface area contributed by atoms with Gasteiger partial charge < -0.3 is 15.7 Å². The molecule has 7 nitrogen and oxygen atoms in total. The number of benzene rings is 3. The maximum absolute atomic E-state index is 13.4. The Morgan fingerprint density at radius 2 is 1.77 bits per heavy atom. The number of carbonyl (C=O) groups is 3. The number of rotatable bonds is 8. The van der Waals surface area contributed by atoms with Gasteiger partial charge in [-0.1, -0.05) is 53.8 Å². The van der Waals surface area contributed by atoms with Crippen LogP contribution in [0, 0.1) is 6.92 Å². The van der Waals surface area contributed by atoms with Gasteiger partial charge in [-0.2, -0.15) is 0 Å². The number of hydrogen-bond acceptors (Lipinski definition) is 6. The van der Waals surface area contributed by atoms with Crippen molar-refractivity contribution in [3.63, 3.8) is 0 Å². The Labute approximate surface area is 209 Å². The molecule has 1 unspecified atom stereocenters. The van der Waals surface area contributed by atoms with Crippen LogP contribution in [0.5, 0.6) is 0 Å². The molecule has 0 spiro atoms. The van der Waals surface area contributed by atoms with Crippen molar-refractivity contribution in [3.05, 3.63) is 96.1 Å². The zero-order valence-electron chi connectivity index (χ0n) is 18.6. The lowest BCUT2D eigenvalue weighted by atomic mass is 10.1. The number of amides is 2. The van der Waals surface area contributed by atoms with Crippen molar-refractivity contribution in [2.24, 2.45) is 0 Å². The number of aryl methyl sites for hydroxylation is 1. The van der Waals surface area contributed by atoms with Gasteiger partial charge in [-0.15, -0.1) is 11.8 Å². The first-order chi connectivity index (χ1) is 16.9. The monoisotopic (exact) mass is 503 g/mol. The number of anilines is 2. The van der Waals surface area contributed by atoms with Crippen LogP contribution in [0.2, 0.25) is 0 Å². The van der Waals surface area contributed by atoms with Gasteiger partial charge in [0.05, 0.1) is 10.2 Å². The van der Waals surface area contributed by atoms with Crippen LogP contribution in [0.1, 0.15) is 16.4 Å². The molecule has 1 heterocycles. The smallest absolute Gasteiger partial charge is 0.328 e. The average Bonchev–Trinajstić information content (AvgIpc) is 3.23. The summed E-state index contributed by atoms with van der Waals surface area (Å²) in [6.07, 6.45) is 1.72. The number of carboxylic acid groups (broad SMARTS) is 1. The molecule has 4 rings (SSSR count). The number of thiazole rings is 1. The Kier molecular flexibility index (Phi) is 7.59. The highest BCUT2D eigenvalue weighted by Crippen LogP contribution is 2.38. The molecule has 176 valence electrons. The number of thioether (sulfide) groups is 1. The molecule has 0 radical (unpaired) electrons. The predicted octanol–water partition coefficient (Wildman–Crippen LogP) is 5.66. The maximum Gasteiger partial charge on any atom is 0.328 e. The minimum atomic E-state index is -1.20. The van der Waals surface area contributed by atoms with E-state index in [0.29, 0.717) is 10.8 Å². The summed E-state index contributed by atoms with van der Waals surface area (Å²) in [7, 11) is 0. The van der Waals surface area contributed by atoms with E-state index in [2.05, 4.69) is 15.6 Å². The summed E-state index contributed by atoms with van der Waals surface area (Å²) in [5.74, 6) is -1.97. The van der Waals surface area contributed by atoms with Crippen molar-refractivity contribution in [2.75, 3.05) is 10.6 Å². The van der Waals surface area contributed by atoms with Gasteiger partial charge in [0.15, 0.2) is 5.13 Å². The minimum absolute atomic E-state index is 0.212. The van der Waals surface area contributed by atoms with E-state index < -0.39 is 17.1 Å². The van der Waals surface area contributed by atoms with Crippen LogP contribution in [0.25, 0.3) is 10.2 Å². The van der Waals surface area contributed by atoms with Gasteiger partial charge in [-0.05, 0) is 48.4 Å². The van der Waals surface area contributed by atoms with E-state index in [1.165, 1.54) is 23.1 Å². The van der Waals surface area contributed by atoms with E-state index in [9.17, 15) is 14.4 Å². The highest BCUT2D eigenvalue weighted by atomic mass is 32.2. The van der Waals surface area contributed by atoms with Crippen LogP contribution < -0.4 is 10.6 Å². The van der Waals surface area contributed by atoms with Gasteiger partial charge in [-0.25, -0.2) is 9.78 Å². The summed E-state index contributed by atoms with van der Waals surface area (Å²) >= 11 is 2.77. The summed E-state index contributed by atoms with van der Waals surface area (Å²) in [6, 6.07) is 22.4. The van der Waals surface area contributed by atoms with E-state index in [1.54, 1.807) is 18.2 Å². The number of nitrogens with zero attached hydrogens (tertiary/aromatic N) is 1. The summed E-state index contributed by atoms with van der Waals surface area (Å²) in [6.45, 7) is 2.01. The highest BCUT2D eigenvalue weighted by Gasteiger charge is 2.23. The van der Waals surface area contributed by atoms with Crippen LogP contribution in [0.15, 0.2) is 89.8 Å². The third-order valence-corrected chi connectivity index (χ3v) is 7.03. The third kappa shape index (κ3) is 6.56. The average molecular weight is 504 g/mol. The first kappa shape index (κ1) is 24.2. The van der Waals surface area contributed by atoms with Gasteiger partial charge in [0, 0.05) is 22.7 Å². The Bertz CT molecular complexity index is 1420. The van der Waals surface area contributed by atoms with E-state index in [-0.39, 0.29) is 5.91 Å². The second-order valence-electron chi connectivity index (χ2n) is 7.58. The van der Waals surface area contributed by atoms with Crippen molar-refractivity contribution < 1.29 is 19.5 Å². The van der Waals surface area contributed by atoms with Gasteiger partial charge in [0.1, 0.15) is 5.25 Å². The van der Waals surface area contributed by atoms with Crippen LogP contribution in [0.4, 0.5) is 10.8 Å². The molecule has 35 heavy (non-hydrogen) atoms. The normalized spacial score (nSPS) is 11.9. The number of hydrogen-bond donors (Lipinski definition) is 3. The number of aliphatic carboxylic acids is 1. The quantitative estimate of drug-likeness (QED) is 0.212. The van der Waals surface area contributed by atoms with Crippen molar-refractivity contribution in [1.29, 1.82) is 0 Å². The van der Waals surface area contributed by atoms with Gasteiger partial charge >= 0.3 is 5.97 Å². The lowest BCUT2D eigenvalue weighted by Crippen LogP contribution is -2.19. The van der Waals surface area contributed by atoms with E-state index in [0.717, 1.165) is 38.4 Å². The molecule has 3 N–H and O–H groups in total. The van der Waals surface area contributed by atoms with Crippen LogP contribution in [-0.2, 0) is 14.4 Å². The molecule has 0 aliphatic heterocycles. The summed E-state index contributed by atoms with van der Waals surface area (Å²) in [4.78, 5) is 41.2. The molecule has 0 saturated heterocycles. The van der Waals surface area contributed by atoms with Crippen molar-refractivity contribution in [1.82, 2.24) is 4.98 Å². The SMILES string of the molecule is Cc1ccc2nc(NC(=O)C(Sc3cccc(NC(=O)/C=C/C(=O)O)c3)c3ccccc3)sc2c1. The van der Waals surface area contributed by atoms with E-state index in [1.807, 2.05) is 61.5 Å². The number of aromatic nitrogens is 1. The Balaban J connectivity index is 1.55. The number of carboxylic acids is 1. The fraction of sp³-hybridized carbons (Fsp3) is 0.0769. The maximum atomic E-state index is 13.4. The van der Waals surface area contributed by atoms with Crippen molar-refractivity contribution >= 4 is 61.9 Å². The van der Waals surface area contributed by atoms with Crippen LogP contribution in [0.3, 0.4) is 0 Å². The number of carbonyl (C=O) groups excluding carboxylic acids is 2. The molecule has 1 atom stereocenters. The van der Waals surface area contributed by atoms with Gasteiger partial charge in [-0.3, -0.25) is 9.59 Å². The fourth-order valence-corrected chi connectivity index (χ4v) is 5.32. The fourth-order valence-electron chi connectivity index (χ4n) is 3.27. The third-order valence-electron chi connectivity index (χ3n) is 4.85. The van der Waals surface area contributed by atoms with Crippen LogP contribution >= 0.6 is 23.1 Å². The zero-order valence-corrected chi connectivity index (χ0v) is 20.2. The standard InChI is InChI=1S/C26H21N3O4S2/c1-16-10-11-20-21(14-16)35-26(28-20)29-25(33)24(17-6-3-2-4-7-17)34-19-9-5-8-18(15-19)27-22(30)12-13-23(31)32/h2-15,24H,1H3,(H,27,30)(H,31,32)(H,28,29,33)/b13-12+. The summed E-state index contributed by atoms with van der Waals surface area (Å²) in [5, 5.41) is 14.2. The Morgan fingerprint density at radius 3 is 2.54 bits per heavy atom. The molecule has 0 aliphatic rings. The first-order valence-electron chi connectivity index (χ1n) is 10.6. The molecule has 3 aromatic carbocycles. The summed E-state index contributed by atoms with van der Waals surface area (Å²) < 4.78 is 1.00. The minimum Gasteiger partial charge on any atom is -0.478 e. The lowest BCUT2D eigenvalue weighted by molar-refractivity contribution is -0.131. The zero-order chi connectivity index (χ0) is 24.8. The molecule has 0 saturated carbocycles. The van der Waals surface area contributed by atoms with Gasteiger partial charge in [0.2, 0.25) is 11.8 Å². The van der Waals surface area contributed by atoms with Gasteiger partial charge in [0.25, 0.3) is 0 Å². The second kappa shape index (κ2) is 11.0. The largest absolute Gasteiger partial charge is 0.478 e.